The number of aryl methyl sites for hydroxylation is 1. The molecule has 106 valence electrons. The fourth-order valence-corrected chi connectivity index (χ4v) is 2.39. The van der Waals surface area contributed by atoms with E-state index in [0.717, 1.165) is 29.8 Å². The van der Waals surface area contributed by atoms with Gasteiger partial charge in [-0.3, -0.25) is 9.59 Å². The molecule has 2 rings (SSSR count). The highest BCUT2D eigenvalue weighted by Gasteiger charge is 2.14. The van der Waals surface area contributed by atoms with Gasteiger partial charge in [-0.25, -0.2) is 0 Å². The molecule has 4 nitrogen and oxygen atoms in total. The third kappa shape index (κ3) is 3.95. The van der Waals surface area contributed by atoms with E-state index >= 15 is 0 Å². The van der Waals surface area contributed by atoms with Crippen molar-refractivity contribution in [1.29, 1.82) is 0 Å². The maximum Gasteiger partial charge on any atom is 0.224 e. The average Bonchev–Trinajstić information content (AvgIpc) is 2.85. The number of hydrogen-bond donors (Lipinski definition) is 2. The van der Waals surface area contributed by atoms with E-state index in [1.54, 1.807) is 6.07 Å². The Morgan fingerprint density at radius 1 is 1.30 bits per heavy atom. The first-order chi connectivity index (χ1) is 9.54. The van der Waals surface area contributed by atoms with Gasteiger partial charge < -0.3 is 10.6 Å². The van der Waals surface area contributed by atoms with Gasteiger partial charge in [0, 0.05) is 24.7 Å². The molecule has 0 bridgehead atoms. The number of allylic oxidation sites excluding steroid dienone is 2. The standard InChI is InChI=1S/C16H20N2O2/c1-11-9-14(7-8-15(11)17-12(2)19)18-16(20)10-13-5-3-4-6-13/h3,5,7-9,13H,4,6,10H2,1-2H3,(H,17,19)(H,18,20). The molecule has 1 aromatic rings. The smallest absolute Gasteiger partial charge is 0.224 e. The molecular formula is C16H20N2O2. The van der Waals surface area contributed by atoms with Crippen LogP contribution in [-0.4, -0.2) is 11.8 Å². The molecule has 1 unspecified atom stereocenters. The van der Waals surface area contributed by atoms with Crippen molar-refractivity contribution in [3.8, 4) is 0 Å². The largest absolute Gasteiger partial charge is 0.326 e. The Morgan fingerprint density at radius 2 is 2.10 bits per heavy atom. The van der Waals surface area contributed by atoms with Crippen LogP contribution in [0.3, 0.4) is 0 Å². The zero-order chi connectivity index (χ0) is 14.5. The third-order valence-corrected chi connectivity index (χ3v) is 3.38. The van der Waals surface area contributed by atoms with E-state index in [2.05, 4.69) is 22.8 Å². The molecule has 2 amide bonds. The van der Waals surface area contributed by atoms with Crippen LogP contribution in [0.25, 0.3) is 0 Å². The summed E-state index contributed by atoms with van der Waals surface area (Å²) < 4.78 is 0. The summed E-state index contributed by atoms with van der Waals surface area (Å²) in [6.07, 6.45) is 6.91. The van der Waals surface area contributed by atoms with Gasteiger partial charge in [0.05, 0.1) is 0 Å². The summed E-state index contributed by atoms with van der Waals surface area (Å²) in [5, 5.41) is 5.66. The first kappa shape index (κ1) is 14.3. The summed E-state index contributed by atoms with van der Waals surface area (Å²) in [7, 11) is 0. The van der Waals surface area contributed by atoms with E-state index in [4.69, 9.17) is 0 Å². The lowest BCUT2D eigenvalue weighted by Gasteiger charge is -2.11. The second-order valence-electron chi connectivity index (χ2n) is 5.23. The van der Waals surface area contributed by atoms with E-state index in [1.807, 2.05) is 19.1 Å². The van der Waals surface area contributed by atoms with Crippen LogP contribution in [0.5, 0.6) is 0 Å². The van der Waals surface area contributed by atoms with Crippen LogP contribution in [0, 0.1) is 12.8 Å². The Balaban J connectivity index is 1.95. The van der Waals surface area contributed by atoms with Gasteiger partial charge in [0.15, 0.2) is 0 Å². The van der Waals surface area contributed by atoms with Crippen molar-refractivity contribution >= 4 is 23.2 Å². The topological polar surface area (TPSA) is 58.2 Å². The van der Waals surface area contributed by atoms with Crippen LogP contribution < -0.4 is 10.6 Å². The molecule has 0 saturated heterocycles. The minimum Gasteiger partial charge on any atom is -0.326 e. The minimum atomic E-state index is -0.0992. The molecule has 0 spiro atoms. The first-order valence-corrected chi connectivity index (χ1v) is 6.89. The highest BCUT2D eigenvalue weighted by Crippen LogP contribution is 2.23. The van der Waals surface area contributed by atoms with Crippen LogP contribution in [0.15, 0.2) is 30.4 Å². The molecule has 0 aliphatic heterocycles. The minimum absolute atomic E-state index is 0.0354. The number of carbonyl (C=O) groups is 2. The highest BCUT2D eigenvalue weighted by molar-refractivity contribution is 5.93. The van der Waals surface area contributed by atoms with Crippen molar-refractivity contribution in [2.75, 3.05) is 10.6 Å². The molecule has 2 N–H and O–H groups in total. The Morgan fingerprint density at radius 3 is 2.70 bits per heavy atom. The predicted molar refractivity (Wildman–Crippen MR) is 80.6 cm³/mol. The summed E-state index contributed by atoms with van der Waals surface area (Å²) in [4.78, 5) is 23.0. The first-order valence-electron chi connectivity index (χ1n) is 6.89. The van der Waals surface area contributed by atoms with E-state index in [9.17, 15) is 9.59 Å². The molecule has 0 radical (unpaired) electrons. The Bertz CT molecular complexity index is 549. The van der Waals surface area contributed by atoms with Gasteiger partial charge in [0.2, 0.25) is 11.8 Å². The molecule has 20 heavy (non-hydrogen) atoms. The van der Waals surface area contributed by atoms with E-state index < -0.39 is 0 Å². The normalized spacial score (nSPS) is 17.0. The quantitative estimate of drug-likeness (QED) is 0.827. The van der Waals surface area contributed by atoms with Crippen molar-refractivity contribution in [2.24, 2.45) is 5.92 Å². The van der Waals surface area contributed by atoms with E-state index in [-0.39, 0.29) is 11.8 Å². The Kier molecular flexibility index (Phi) is 4.56. The molecule has 0 heterocycles. The van der Waals surface area contributed by atoms with Crippen molar-refractivity contribution in [3.63, 3.8) is 0 Å². The van der Waals surface area contributed by atoms with Crippen LogP contribution in [0.4, 0.5) is 11.4 Å². The van der Waals surface area contributed by atoms with Gasteiger partial charge in [0.1, 0.15) is 0 Å². The average molecular weight is 272 g/mol. The molecule has 4 heteroatoms. The van der Waals surface area contributed by atoms with E-state index in [1.165, 1.54) is 6.92 Å². The van der Waals surface area contributed by atoms with Gasteiger partial charge in [-0.05, 0) is 49.4 Å². The zero-order valence-electron chi connectivity index (χ0n) is 11.9. The van der Waals surface area contributed by atoms with Crippen molar-refractivity contribution < 1.29 is 9.59 Å². The summed E-state index contributed by atoms with van der Waals surface area (Å²) >= 11 is 0. The van der Waals surface area contributed by atoms with Gasteiger partial charge in [-0.1, -0.05) is 12.2 Å². The van der Waals surface area contributed by atoms with Crippen molar-refractivity contribution in [1.82, 2.24) is 0 Å². The van der Waals surface area contributed by atoms with Gasteiger partial charge in [-0.2, -0.15) is 0 Å². The molecule has 1 aliphatic carbocycles. The summed E-state index contributed by atoms with van der Waals surface area (Å²) in [6.45, 7) is 3.38. The van der Waals surface area contributed by atoms with Crippen LogP contribution in [0.1, 0.15) is 31.7 Å². The number of amides is 2. The number of carbonyl (C=O) groups excluding carboxylic acids is 2. The zero-order valence-corrected chi connectivity index (χ0v) is 11.9. The van der Waals surface area contributed by atoms with E-state index in [0.29, 0.717) is 12.3 Å². The fourth-order valence-electron chi connectivity index (χ4n) is 2.39. The van der Waals surface area contributed by atoms with Gasteiger partial charge in [0.25, 0.3) is 0 Å². The summed E-state index contributed by atoms with van der Waals surface area (Å²) in [5.74, 6) is 0.306. The molecule has 1 aromatic carbocycles. The maximum atomic E-state index is 11.9. The maximum absolute atomic E-state index is 11.9. The number of anilines is 2. The predicted octanol–water partition coefficient (Wildman–Crippen LogP) is 3.25. The lowest BCUT2D eigenvalue weighted by molar-refractivity contribution is -0.117. The third-order valence-electron chi connectivity index (χ3n) is 3.38. The number of hydrogen-bond acceptors (Lipinski definition) is 2. The SMILES string of the molecule is CC(=O)Nc1ccc(NC(=O)CC2C=CCC2)cc1C. The summed E-state index contributed by atoms with van der Waals surface area (Å²) in [6, 6.07) is 5.48. The number of benzene rings is 1. The molecular weight excluding hydrogens is 252 g/mol. The highest BCUT2D eigenvalue weighted by atomic mass is 16.2. The molecule has 0 fully saturated rings. The lowest BCUT2D eigenvalue weighted by Crippen LogP contribution is -2.15. The second kappa shape index (κ2) is 6.37. The van der Waals surface area contributed by atoms with Gasteiger partial charge in [-0.15, -0.1) is 0 Å². The van der Waals surface area contributed by atoms with Gasteiger partial charge >= 0.3 is 0 Å². The number of nitrogens with one attached hydrogen (secondary N) is 2. The second-order valence-corrected chi connectivity index (χ2v) is 5.23. The molecule has 1 atom stereocenters. The monoisotopic (exact) mass is 272 g/mol. The molecule has 0 saturated carbocycles. The van der Waals surface area contributed by atoms with Crippen molar-refractivity contribution in [3.05, 3.63) is 35.9 Å². The Hall–Kier alpha value is -2.10. The van der Waals surface area contributed by atoms with Crippen LogP contribution >= 0.6 is 0 Å². The Labute approximate surface area is 119 Å². The van der Waals surface area contributed by atoms with Crippen LogP contribution in [0.2, 0.25) is 0 Å². The number of rotatable bonds is 4. The molecule has 1 aliphatic rings. The van der Waals surface area contributed by atoms with Crippen molar-refractivity contribution in [2.45, 2.75) is 33.1 Å². The van der Waals surface area contributed by atoms with Crippen LogP contribution in [-0.2, 0) is 9.59 Å². The lowest BCUT2D eigenvalue weighted by atomic mass is 10.0. The summed E-state index contributed by atoms with van der Waals surface area (Å²) in [5.41, 5.74) is 2.47. The molecule has 0 aromatic heterocycles. The fraction of sp³-hybridized carbons (Fsp3) is 0.375.